The monoisotopic (exact) mass is 280 g/mol. The third-order valence-corrected chi connectivity index (χ3v) is 3.41. The van der Waals surface area contributed by atoms with E-state index in [9.17, 15) is 4.79 Å². The first-order valence-corrected chi connectivity index (χ1v) is 7.00. The van der Waals surface area contributed by atoms with Gasteiger partial charge in [-0.05, 0) is 31.0 Å². The molecule has 106 valence electrons. The Morgan fingerprint density at radius 1 is 1.10 bits per heavy atom. The van der Waals surface area contributed by atoms with E-state index in [0.717, 1.165) is 18.5 Å². The van der Waals surface area contributed by atoms with Gasteiger partial charge < -0.3 is 0 Å². The van der Waals surface area contributed by atoms with E-state index in [0.29, 0.717) is 17.0 Å². The van der Waals surface area contributed by atoms with Gasteiger partial charge in [0.1, 0.15) is 5.82 Å². The lowest BCUT2D eigenvalue weighted by Crippen LogP contribution is -2.23. The summed E-state index contributed by atoms with van der Waals surface area (Å²) >= 11 is 0. The van der Waals surface area contributed by atoms with Crippen LogP contribution in [0.1, 0.15) is 24.7 Å². The number of hydrogen-bond acceptors (Lipinski definition) is 4. The van der Waals surface area contributed by atoms with Gasteiger partial charge in [-0.3, -0.25) is 9.36 Å². The van der Waals surface area contributed by atoms with E-state index in [1.54, 1.807) is 11.5 Å². The highest BCUT2D eigenvalue weighted by atomic mass is 16.1. The van der Waals surface area contributed by atoms with Crippen molar-refractivity contribution in [3.63, 3.8) is 0 Å². The second-order valence-corrected chi connectivity index (χ2v) is 4.94. The van der Waals surface area contributed by atoms with Gasteiger partial charge in [-0.1, -0.05) is 25.5 Å². The topological polar surface area (TPSA) is 60.7 Å². The Hall–Kier alpha value is -2.56. The highest BCUT2D eigenvalue weighted by Crippen LogP contribution is 2.12. The number of hydrogen-bond donors (Lipinski definition) is 0. The molecule has 0 saturated carbocycles. The molecule has 0 unspecified atom stereocenters. The predicted octanol–water partition coefficient (Wildman–Crippen LogP) is 2.44. The minimum Gasteiger partial charge on any atom is -0.266 e. The minimum atomic E-state index is -0.186. The van der Waals surface area contributed by atoms with Crippen LogP contribution in [-0.4, -0.2) is 19.5 Å². The Balaban J connectivity index is 2.18. The van der Waals surface area contributed by atoms with Gasteiger partial charge in [0.25, 0.3) is 5.56 Å². The largest absolute Gasteiger partial charge is 0.286 e. The lowest BCUT2D eigenvalue weighted by molar-refractivity contribution is 0.877. The van der Waals surface area contributed by atoms with E-state index < -0.39 is 0 Å². The average molecular weight is 280 g/mol. The molecule has 2 aromatic heterocycles. The average Bonchev–Trinajstić information content (AvgIpc) is 2.49. The first-order valence-electron chi connectivity index (χ1n) is 7.00. The standard InChI is InChI=1S/C16H16N4O/c1-3-4-12-5-7-13(8-6-12)20-11(2)19-15-14(16(20)21)17-9-10-18-15/h5-10H,3-4H2,1-2H3. The zero-order chi connectivity index (χ0) is 14.8. The molecule has 5 nitrogen and oxygen atoms in total. The van der Waals surface area contributed by atoms with Crippen LogP contribution in [0.25, 0.3) is 16.9 Å². The zero-order valence-corrected chi connectivity index (χ0v) is 12.1. The van der Waals surface area contributed by atoms with Crippen molar-refractivity contribution in [3.8, 4) is 5.69 Å². The molecule has 0 N–H and O–H groups in total. The summed E-state index contributed by atoms with van der Waals surface area (Å²) < 4.78 is 1.58. The molecule has 0 aliphatic heterocycles. The van der Waals surface area contributed by atoms with Crippen molar-refractivity contribution < 1.29 is 0 Å². The molecule has 0 bridgehead atoms. The zero-order valence-electron chi connectivity index (χ0n) is 12.1. The van der Waals surface area contributed by atoms with Gasteiger partial charge in [0.05, 0.1) is 5.69 Å². The molecular formula is C16H16N4O. The smallest absolute Gasteiger partial charge is 0.266 e. The van der Waals surface area contributed by atoms with Crippen molar-refractivity contribution >= 4 is 11.2 Å². The summed E-state index contributed by atoms with van der Waals surface area (Å²) in [6.07, 6.45) is 5.19. The molecule has 0 atom stereocenters. The van der Waals surface area contributed by atoms with Gasteiger partial charge in [0.15, 0.2) is 11.2 Å². The fourth-order valence-electron chi connectivity index (χ4n) is 2.42. The first kappa shape index (κ1) is 13.4. The molecule has 0 spiro atoms. The third kappa shape index (κ3) is 2.42. The lowest BCUT2D eigenvalue weighted by Gasteiger charge is -2.10. The van der Waals surface area contributed by atoms with E-state index in [4.69, 9.17) is 0 Å². The van der Waals surface area contributed by atoms with Gasteiger partial charge in [-0.15, -0.1) is 0 Å². The highest BCUT2D eigenvalue weighted by Gasteiger charge is 2.11. The molecule has 0 fully saturated rings. The van der Waals surface area contributed by atoms with Crippen LogP contribution in [0.3, 0.4) is 0 Å². The van der Waals surface area contributed by atoms with Crippen LogP contribution in [0.5, 0.6) is 0 Å². The van der Waals surface area contributed by atoms with Crippen LogP contribution in [-0.2, 0) is 6.42 Å². The molecule has 5 heteroatoms. The summed E-state index contributed by atoms with van der Waals surface area (Å²) in [5.74, 6) is 0.608. The Kier molecular flexibility index (Phi) is 3.48. The molecule has 0 aliphatic rings. The number of fused-ring (bicyclic) bond motifs is 1. The summed E-state index contributed by atoms with van der Waals surface area (Å²) in [5.41, 5.74) is 2.56. The molecule has 2 heterocycles. The number of aromatic nitrogens is 4. The molecule has 0 aliphatic carbocycles. The molecule has 21 heavy (non-hydrogen) atoms. The van der Waals surface area contributed by atoms with Gasteiger partial charge in [-0.25, -0.2) is 15.0 Å². The maximum Gasteiger partial charge on any atom is 0.286 e. The molecular weight excluding hydrogens is 264 g/mol. The van der Waals surface area contributed by atoms with Crippen molar-refractivity contribution in [3.05, 3.63) is 58.4 Å². The van der Waals surface area contributed by atoms with Gasteiger partial charge in [0, 0.05) is 12.4 Å². The van der Waals surface area contributed by atoms with Crippen molar-refractivity contribution in [2.24, 2.45) is 0 Å². The summed E-state index contributed by atoms with van der Waals surface area (Å²) in [4.78, 5) is 25.1. The SMILES string of the molecule is CCCc1ccc(-n2c(C)nc3nccnc3c2=O)cc1. The quantitative estimate of drug-likeness (QED) is 0.739. The van der Waals surface area contributed by atoms with Crippen molar-refractivity contribution in [2.45, 2.75) is 26.7 Å². The van der Waals surface area contributed by atoms with Crippen LogP contribution in [0.2, 0.25) is 0 Å². The lowest BCUT2D eigenvalue weighted by atomic mass is 10.1. The van der Waals surface area contributed by atoms with E-state index in [1.807, 2.05) is 24.3 Å². The number of aryl methyl sites for hydroxylation is 2. The van der Waals surface area contributed by atoms with Crippen LogP contribution in [0, 0.1) is 6.92 Å². The van der Waals surface area contributed by atoms with Crippen LogP contribution in [0.4, 0.5) is 0 Å². The maximum absolute atomic E-state index is 12.6. The number of rotatable bonds is 3. The van der Waals surface area contributed by atoms with Gasteiger partial charge >= 0.3 is 0 Å². The number of nitrogens with zero attached hydrogens (tertiary/aromatic N) is 4. The predicted molar refractivity (Wildman–Crippen MR) is 81.7 cm³/mol. The molecule has 1 aromatic carbocycles. The summed E-state index contributed by atoms with van der Waals surface area (Å²) in [5, 5.41) is 0. The number of benzene rings is 1. The summed E-state index contributed by atoms with van der Waals surface area (Å²) in [6, 6.07) is 7.99. The summed E-state index contributed by atoms with van der Waals surface area (Å²) in [6.45, 7) is 3.95. The third-order valence-electron chi connectivity index (χ3n) is 3.41. The van der Waals surface area contributed by atoms with Crippen LogP contribution >= 0.6 is 0 Å². The van der Waals surface area contributed by atoms with E-state index in [2.05, 4.69) is 21.9 Å². The Labute approximate surface area is 122 Å². The van der Waals surface area contributed by atoms with Crippen molar-refractivity contribution in [1.82, 2.24) is 19.5 Å². The summed E-state index contributed by atoms with van der Waals surface area (Å²) in [7, 11) is 0. The molecule has 0 amide bonds. The van der Waals surface area contributed by atoms with E-state index in [1.165, 1.54) is 18.0 Å². The maximum atomic E-state index is 12.6. The first-order chi connectivity index (χ1) is 10.2. The fourth-order valence-corrected chi connectivity index (χ4v) is 2.42. The highest BCUT2D eigenvalue weighted by molar-refractivity contribution is 5.68. The Morgan fingerprint density at radius 2 is 1.81 bits per heavy atom. The normalized spacial score (nSPS) is 11.0. The van der Waals surface area contributed by atoms with Gasteiger partial charge in [-0.2, -0.15) is 0 Å². The second-order valence-electron chi connectivity index (χ2n) is 4.94. The van der Waals surface area contributed by atoms with E-state index in [-0.39, 0.29) is 5.56 Å². The molecule has 0 saturated heterocycles. The Bertz CT molecular complexity index is 837. The van der Waals surface area contributed by atoms with Crippen molar-refractivity contribution in [2.75, 3.05) is 0 Å². The van der Waals surface area contributed by atoms with Crippen LogP contribution in [0.15, 0.2) is 41.5 Å². The van der Waals surface area contributed by atoms with Crippen LogP contribution < -0.4 is 5.56 Å². The van der Waals surface area contributed by atoms with Gasteiger partial charge in [0.2, 0.25) is 0 Å². The molecule has 3 aromatic rings. The molecule has 0 radical (unpaired) electrons. The fraction of sp³-hybridized carbons (Fsp3) is 0.250. The van der Waals surface area contributed by atoms with E-state index >= 15 is 0 Å². The van der Waals surface area contributed by atoms with Crippen molar-refractivity contribution in [1.29, 1.82) is 0 Å². The minimum absolute atomic E-state index is 0.186. The second kappa shape index (κ2) is 5.44. The Morgan fingerprint density at radius 3 is 2.52 bits per heavy atom. The molecule has 3 rings (SSSR count).